The number of aryl methyl sites for hydroxylation is 1. The van der Waals surface area contributed by atoms with Gasteiger partial charge in [0.25, 0.3) is 5.91 Å². The molecule has 106 valence electrons. The van der Waals surface area contributed by atoms with E-state index in [4.69, 9.17) is 5.11 Å². The molecule has 0 saturated carbocycles. The highest BCUT2D eigenvalue weighted by Gasteiger charge is 2.13. The fourth-order valence-electron chi connectivity index (χ4n) is 1.64. The Hall–Kier alpha value is -2.22. The van der Waals surface area contributed by atoms with Gasteiger partial charge in [-0.2, -0.15) is 5.10 Å². The largest absolute Gasteiger partial charge is 0.481 e. The van der Waals surface area contributed by atoms with E-state index >= 15 is 0 Å². The fraction of sp³-hybridized carbons (Fsp3) is 0.333. The molecular formula is C12H14N4O3S. The van der Waals surface area contributed by atoms with E-state index in [1.807, 2.05) is 6.92 Å². The second-order valence-corrected chi connectivity index (χ2v) is 5.06. The number of thiazole rings is 1. The van der Waals surface area contributed by atoms with Crippen molar-refractivity contribution in [1.82, 2.24) is 15.2 Å². The zero-order valence-corrected chi connectivity index (χ0v) is 11.7. The van der Waals surface area contributed by atoms with Crippen molar-refractivity contribution in [3.05, 3.63) is 28.5 Å². The number of hydrogen-bond donors (Lipinski definition) is 3. The van der Waals surface area contributed by atoms with Gasteiger partial charge in [0.05, 0.1) is 12.1 Å². The number of carbonyl (C=O) groups is 2. The molecule has 0 aliphatic carbocycles. The third-order valence-corrected chi connectivity index (χ3v) is 3.29. The van der Waals surface area contributed by atoms with Crippen LogP contribution in [0.1, 0.15) is 35.2 Å². The fourth-order valence-corrected chi connectivity index (χ4v) is 2.34. The van der Waals surface area contributed by atoms with Gasteiger partial charge >= 0.3 is 5.97 Å². The molecular weight excluding hydrogens is 280 g/mol. The molecule has 0 aromatic carbocycles. The van der Waals surface area contributed by atoms with Crippen LogP contribution in [0.2, 0.25) is 0 Å². The van der Waals surface area contributed by atoms with Gasteiger partial charge in [-0.3, -0.25) is 20.0 Å². The van der Waals surface area contributed by atoms with Gasteiger partial charge in [-0.15, -0.1) is 11.3 Å². The van der Waals surface area contributed by atoms with Crippen molar-refractivity contribution in [1.29, 1.82) is 0 Å². The highest BCUT2D eigenvalue weighted by Crippen LogP contribution is 2.16. The molecule has 0 radical (unpaired) electrons. The van der Waals surface area contributed by atoms with Gasteiger partial charge in [0.15, 0.2) is 10.8 Å². The topological polar surface area (TPSA) is 108 Å². The summed E-state index contributed by atoms with van der Waals surface area (Å²) in [6.45, 7) is 2.04. The van der Waals surface area contributed by atoms with Crippen molar-refractivity contribution in [2.45, 2.75) is 26.2 Å². The van der Waals surface area contributed by atoms with E-state index in [0.717, 1.165) is 18.5 Å². The Kier molecular flexibility index (Phi) is 4.46. The molecule has 2 rings (SSSR count). The average molecular weight is 294 g/mol. The van der Waals surface area contributed by atoms with E-state index in [1.165, 1.54) is 11.3 Å². The van der Waals surface area contributed by atoms with Gasteiger partial charge in [0.1, 0.15) is 0 Å². The molecule has 2 aromatic heterocycles. The minimum Gasteiger partial charge on any atom is -0.481 e. The van der Waals surface area contributed by atoms with E-state index in [2.05, 4.69) is 20.5 Å². The van der Waals surface area contributed by atoms with Crippen LogP contribution >= 0.6 is 11.3 Å². The average Bonchev–Trinajstić information content (AvgIpc) is 2.99. The molecule has 0 bridgehead atoms. The summed E-state index contributed by atoms with van der Waals surface area (Å²) in [5.74, 6) is -1.32. The second kappa shape index (κ2) is 6.29. The van der Waals surface area contributed by atoms with E-state index in [0.29, 0.717) is 16.5 Å². The number of carboxylic acids is 1. The molecule has 0 unspecified atom stereocenters. The van der Waals surface area contributed by atoms with E-state index < -0.39 is 5.97 Å². The number of carbonyl (C=O) groups excluding carboxylic acids is 1. The lowest BCUT2D eigenvalue weighted by Crippen LogP contribution is -2.12. The van der Waals surface area contributed by atoms with Gasteiger partial charge in [0.2, 0.25) is 0 Å². The van der Waals surface area contributed by atoms with Crippen LogP contribution in [-0.2, 0) is 17.6 Å². The predicted molar refractivity (Wildman–Crippen MR) is 74.0 cm³/mol. The van der Waals surface area contributed by atoms with Crippen LogP contribution in [-0.4, -0.2) is 32.2 Å². The summed E-state index contributed by atoms with van der Waals surface area (Å²) >= 11 is 1.19. The summed E-state index contributed by atoms with van der Waals surface area (Å²) < 4.78 is 0. The SMILES string of the molecule is CCCc1cc(C(=O)Nc2nc(CC(=O)O)cs2)n[nH]1. The molecule has 20 heavy (non-hydrogen) atoms. The van der Waals surface area contributed by atoms with Crippen LogP contribution in [0.3, 0.4) is 0 Å². The summed E-state index contributed by atoms with van der Waals surface area (Å²) in [6, 6.07) is 1.70. The lowest BCUT2D eigenvalue weighted by atomic mass is 10.2. The summed E-state index contributed by atoms with van der Waals surface area (Å²) in [7, 11) is 0. The third kappa shape index (κ3) is 3.64. The van der Waals surface area contributed by atoms with Crippen molar-refractivity contribution < 1.29 is 14.7 Å². The first-order chi connectivity index (χ1) is 9.58. The number of amides is 1. The number of aliphatic carboxylic acids is 1. The Morgan fingerprint density at radius 3 is 3.00 bits per heavy atom. The number of aromatic nitrogens is 3. The maximum Gasteiger partial charge on any atom is 0.309 e. The number of H-pyrrole nitrogens is 1. The molecule has 0 fully saturated rings. The number of nitrogens with zero attached hydrogens (tertiary/aromatic N) is 2. The summed E-state index contributed by atoms with van der Waals surface area (Å²) in [6.07, 6.45) is 1.64. The first-order valence-electron chi connectivity index (χ1n) is 6.10. The Morgan fingerprint density at radius 1 is 1.50 bits per heavy atom. The first kappa shape index (κ1) is 14.2. The molecule has 0 aliphatic heterocycles. The molecule has 7 nitrogen and oxygen atoms in total. The monoisotopic (exact) mass is 294 g/mol. The van der Waals surface area contributed by atoms with Gasteiger partial charge < -0.3 is 5.11 Å². The van der Waals surface area contributed by atoms with E-state index in [9.17, 15) is 9.59 Å². The minimum absolute atomic E-state index is 0.157. The smallest absolute Gasteiger partial charge is 0.309 e. The van der Waals surface area contributed by atoms with Gasteiger partial charge in [0, 0.05) is 11.1 Å². The van der Waals surface area contributed by atoms with Gasteiger partial charge in [-0.1, -0.05) is 13.3 Å². The standard InChI is InChI=1S/C12H14N4O3S/c1-2-3-7-4-9(16-15-7)11(19)14-12-13-8(6-20-12)5-10(17)18/h4,6H,2-3,5H2,1H3,(H,15,16)(H,17,18)(H,13,14,19). The van der Waals surface area contributed by atoms with Crippen LogP contribution in [0.15, 0.2) is 11.4 Å². The maximum absolute atomic E-state index is 11.9. The molecule has 3 N–H and O–H groups in total. The molecule has 0 aliphatic rings. The van der Waals surface area contributed by atoms with Crippen LogP contribution in [0.4, 0.5) is 5.13 Å². The van der Waals surface area contributed by atoms with Crippen molar-refractivity contribution in [3.8, 4) is 0 Å². The number of anilines is 1. The quantitative estimate of drug-likeness (QED) is 0.751. The summed E-state index contributed by atoms with van der Waals surface area (Å²) in [5.41, 5.74) is 1.62. The summed E-state index contributed by atoms with van der Waals surface area (Å²) in [5, 5.41) is 20.0. The van der Waals surface area contributed by atoms with Gasteiger partial charge in [-0.25, -0.2) is 4.98 Å². The molecule has 1 amide bonds. The maximum atomic E-state index is 11.9. The normalized spacial score (nSPS) is 10.4. The van der Waals surface area contributed by atoms with Crippen molar-refractivity contribution in [3.63, 3.8) is 0 Å². The van der Waals surface area contributed by atoms with Crippen LogP contribution in [0.5, 0.6) is 0 Å². The zero-order valence-electron chi connectivity index (χ0n) is 10.8. The molecule has 2 aromatic rings. The zero-order chi connectivity index (χ0) is 14.5. The number of aromatic amines is 1. The summed E-state index contributed by atoms with van der Waals surface area (Å²) in [4.78, 5) is 26.5. The molecule has 0 spiro atoms. The lowest BCUT2D eigenvalue weighted by Gasteiger charge is -1.96. The third-order valence-electron chi connectivity index (χ3n) is 2.49. The molecule has 0 saturated heterocycles. The second-order valence-electron chi connectivity index (χ2n) is 4.20. The number of rotatable bonds is 6. The van der Waals surface area contributed by atoms with Crippen LogP contribution < -0.4 is 5.32 Å². The minimum atomic E-state index is -0.954. The Morgan fingerprint density at radius 2 is 2.30 bits per heavy atom. The molecule has 0 atom stereocenters. The van der Waals surface area contributed by atoms with Crippen LogP contribution in [0, 0.1) is 0 Å². The Labute approximate surface area is 119 Å². The lowest BCUT2D eigenvalue weighted by molar-refractivity contribution is -0.136. The van der Waals surface area contributed by atoms with Crippen LogP contribution in [0.25, 0.3) is 0 Å². The Balaban J connectivity index is 1.99. The highest BCUT2D eigenvalue weighted by atomic mass is 32.1. The molecule has 8 heteroatoms. The van der Waals surface area contributed by atoms with Crippen molar-refractivity contribution in [2.75, 3.05) is 5.32 Å². The Bertz CT molecular complexity index is 620. The predicted octanol–water partition coefficient (Wildman–Crippen LogP) is 1.70. The highest BCUT2D eigenvalue weighted by molar-refractivity contribution is 7.14. The number of hydrogen-bond acceptors (Lipinski definition) is 5. The number of nitrogens with one attached hydrogen (secondary N) is 2. The first-order valence-corrected chi connectivity index (χ1v) is 6.98. The van der Waals surface area contributed by atoms with Crippen molar-refractivity contribution in [2.24, 2.45) is 0 Å². The van der Waals surface area contributed by atoms with E-state index in [1.54, 1.807) is 11.4 Å². The molecule has 2 heterocycles. The van der Waals surface area contributed by atoms with Crippen molar-refractivity contribution >= 4 is 28.3 Å². The van der Waals surface area contributed by atoms with E-state index in [-0.39, 0.29) is 12.3 Å². The van der Waals surface area contributed by atoms with Gasteiger partial charge in [-0.05, 0) is 12.5 Å². The number of carboxylic acid groups (broad SMARTS) is 1.